The van der Waals surface area contributed by atoms with Gasteiger partial charge in [-0.15, -0.1) is 0 Å². The van der Waals surface area contributed by atoms with Crippen molar-refractivity contribution in [2.75, 3.05) is 0 Å². The van der Waals surface area contributed by atoms with Crippen LogP contribution in [0, 0.1) is 7.14 Å². The molecule has 0 aromatic heterocycles. The van der Waals surface area contributed by atoms with Gasteiger partial charge < -0.3 is 0 Å². The van der Waals surface area contributed by atoms with Crippen molar-refractivity contribution in [3.05, 3.63) is 27.2 Å². The monoisotopic (exact) mass is 466 g/mol. The maximum absolute atomic E-state index is 5.92. The van der Waals surface area contributed by atoms with Gasteiger partial charge >= 0.3 is 0 Å². The van der Waals surface area contributed by atoms with Gasteiger partial charge in [0, 0.05) is 0 Å². The summed E-state index contributed by atoms with van der Waals surface area (Å²) in [6.07, 6.45) is 0. The third-order valence-electron chi connectivity index (χ3n) is 1.16. The molecule has 0 N–H and O–H groups in total. The molecule has 0 unspecified atom stereocenters. The molecule has 0 heterocycles. The Morgan fingerprint density at radius 2 is 0.917 bits per heavy atom. The molecule has 1 aromatic rings. The van der Waals surface area contributed by atoms with Crippen molar-refractivity contribution < 1.29 is 0 Å². The van der Waals surface area contributed by atoms with Crippen LogP contribution in [0.4, 0.5) is 0 Å². The Labute approximate surface area is 117 Å². The molecule has 12 heavy (non-hydrogen) atoms. The fraction of sp³-hybridized carbons (Fsp3) is 0. The quantitative estimate of drug-likeness (QED) is 0.268. The predicted octanol–water partition coefficient (Wildman–Crippen LogP) is 5.51. The molecule has 0 radical (unpaired) electrons. The second kappa shape index (κ2) is 4.57. The summed E-state index contributed by atoms with van der Waals surface area (Å²) in [6.45, 7) is 0. The number of rotatable bonds is 0. The van der Waals surface area contributed by atoms with Crippen LogP contribution in [0.15, 0.2) is 0 Å². The van der Waals surface area contributed by atoms with E-state index in [9.17, 15) is 0 Å². The van der Waals surface area contributed by atoms with Crippen molar-refractivity contribution in [1.82, 2.24) is 0 Å². The van der Waals surface area contributed by atoms with Crippen LogP contribution in [0.25, 0.3) is 0 Å². The Bertz CT molecular complexity index is 232. The first-order valence-electron chi connectivity index (χ1n) is 2.63. The summed E-state index contributed by atoms with van der Waals surface area (Å²) >= 11 is 27.5. The highest BCUT2D eigenvalue weighted by Crippen LogP contribution is 2.42. The number of hydrogen-bond acceptors (Lipinski definition) is 0. The van der Waals surface area contributed by atoms with E-state index in [4.69, 9.17) is 46.4 Å². The molecule has 0 aliphatic rings. The van der Waals surface area contributed by atoms with E-state index in [1.165, 1.54) is 0 Å². The lowest BCUT2D eigenvalue weighted by atomic mass is 10.3. The van der Waals surface area contributed by atoms with Crippen molar-refractivity contribution >= 4 is 91.6 Å². The molecule has 1 rings (SSSR count). The zero-order valence-electron chi connectivity index (χ0n) is 5.27. The smallest absolute Gasteiger partial charge is 0.0801 e. The number of hydrogen-bond donors (Lipinski definition) is 0. The number of halogens is 6. The minimum absolute atomic E-state index is 0.358. The van der Waals surface area contributed by atoms with Gasteiger partial charge in [-0.25, -0.2) is 0 Å². The molecule has 66 valence electrons. The number of benzene rings is 1. The molecule has 6 heteroatoms. The predicted molar refractivity (Wildman–Crippen MR) is 71.9 cm³/mol. The first-order chi connectivity index (χ1) is 5.46. The van der Waals surface area contributed by atoms with E-state index < -0.39 is 0 Å². The Morgan fingerprint density at radius 3 is 1.25 bits per heavy atom. The second-order valence-corrected chi connectivity index (χ2v) is 5.55. The normalized spacial score (nSPS) is 10.5. The molecule has 0 aliphatic heterocycles. The summed E-state index contributed by atoms with van der Waals surface area (Å²) in [5.41, 5.74) is 0. The van der Waals surface area contributed by atoms with Crippen LogP contribution in [0.3, 0.4) is 0 Å². The Morgan fingerprint density at radius 1 is 0.583 bits per heavy atom. The van der Waals surface area contributed by atoms with E-state index in [2.05, 4.69) is 0 Å². The molecule has 0 amide bonds. The molecule has 0 atom stereocenters. The third-order valence-corrected chi connectivity index (χ3v) is 6.29. The van der Waals surface area contributed by atoms with Gasteiger partial charge in [0.15, 0.2) is 0 Å². The second-order valence-electron chi connectivity index (χ2n) is 1.88. The summed E-state index contributed by atoms with van der Waals surface area (Å²) in [4.78, 5) is 0. The molecular weight excluding hydrogens is 468 g/mol. The van der Waals surface area contributed by atoms with Crippen LogP contribution in [-0.4, -0.2) is 0 Å². The van der Waals surface area contributed by atoms with Crippen LogP contribution >= 0.6 is 91.6 Å². The van der Waals surface area contributed by atoms with Crippen LogP contribution in [0.1, 0.15) is 0 Å². The zero-order valence-corrected chi connectivity index (χ0v) is 12.6. The van der Waals surface area contributed by atoms with Gasteiger partial charge in [-0.05, 0) is 45.2 Å². The van der Waals surface area contributed by atoms with E-state index in [1.807, 2.05) is 45.2 Å². The maximum Gasteiger partial charge on any atom is 0.0801 e. The summed E-state index contributed by atoms with van der Waals surface area (Å²) < 4.78 is 1.46. The van der Waals surface area contributed by atoms with E-state index >= 15 is 0 Å². The zero-order chi connectivity index (χ0) is 9.46. The molecular formula is C6Cl4I2. The highest BCUT2D eigenvalue weighted by Gasteiger charge is 2.16. The van der Waals surface area contributed by atoms with E-state index in [0.717, 1.165) is 7.14 Å². The molecule has 0 spiro atoms. The highest BCUT2D eigenvalue weighted by molar-refractivity contribution is 14.1. The van der Waals surface area contributed by atoms with E-state index in [1.54, 1.807) is 0 Å². The van der Waals surface area contributed by atoms with E-state index in [0.29, 0.717) is 20.1 Å². The van der Waals surface area contributed by atoms with Gasteiger partial charge in [0.25, 0.3) is 0 Å². The Hall–Kier alpha value is 1.84. The van der Waals surface area contributed by atoms with E-state index in [-0.39, 0.29) is 0 Å². The standard InChI is InChI=1S/C6Cl4I2/c7-1-2(8)5(11)4(10)6(12)3(1)9. The minimum Gasteiger partial charge on any atom is -0.0819 e. The van der Waals surface area contributed by atoms with Gasteiger partial charge in [0.2, 0.25) is 0 Å². The molecule has 1 aromatic carbocycles. The summed E-state index contributed by atoms with van der Waals surface area (Å²) in [5.74, 6) is 0. The SMILES string of the molecule is Clc1c(Cl)c(I)c(Cl)c(I)c1Cl. The minimum atomic E-state index is 0.358. The maximum atomic E-state index is 5.92. The lowest BCUT2D eigenvalue weighted by Crippen LogP contribution is -1.86. The van der Waals surface area contributed by atoms with Gasteiger partial charge in [-0.1, -0.05) is 46.4 Å². The molecule has 0 saturated carbocycles. The molecule has 0 saturated heterocycles. The summed E-state index contributed by atoms with van der Waals surface area (Å²) in [5, 5.41) is 1.73. The first kappa shape index (κ1) is 11.9. The highest BCUT2D eigenvalue weighted by atomic mass is 127. The van der Waals surface area contributed by atoms with Crippen LogP contribution in [0.5, 0.6) is 0 Å². The van der Waals surface area contributed by atoms with Crippen molar-refractivity contribution in [2.45, 2.75) is 0 Å². The van der Waals surface area contributed by atoms with Gasteiger partial charge in [-0.2, -0.15) is 0 Å². The van der Waals surface area contributed by atoms with Crippen molar-refractivity contribution in [2.24, 2.45) is 0 Å². The van der Waals surface area contributed by atoms with Gasteiger partial charge in [-0.3, -0.25) is 0 Å². The third kappa shape index (κ3) is 2.08. The lowest BCUT2D eigenvalue weighted by Gasteiger charge is -2.06. The van der Waals surface area contributed by atoms with Crippen molar-refractivity contribution in [1.29, 1.82) is 0 Å². The van der Waals surface area contributed by atoms with Crippen molar-refractivity contribution in [3.8, 4) is 0 Å². The van der Waals surface area contributed by atoms with Crippen LogP contribution in [-0.2, 0) is 0 Å². The summed E-state index contributed by atoms with van der Waals surface area (Å²) in [7, 11) is 0. The lowest BCUT2D eigenvalue weighted by molar-refractivity contribution is 1.58. The van der Waals surface area contributed by atoms with Gasteiger partial charge in [0.05, 0.1) is 27.2 Å². The van der Waals surface area contributed by atoms with Crippen LogP contribution in [0.2, 0.25) is 20.1 Å². The topological polar surface area (TPSA) is 0 Å². The first-order valence-corrected chi connectivity index (χ1v) is 6.30. The van der Waals surface area contributed by atoms with Crippen molar-refractivity contribution in [3.63, 3.8) is 0 Å². The fourth-order valence-electron chi connectivity index (χ4n) is 0.578. The molecule has 0 bridgehead atoms. The average Bonchev–Trinajstić information content (AvgIpc) is 2.08. The Balaban J connectivity index is 3.60. The largest absolute Gasteiger partial charge is 0.0819 e. The molecule has 0 aliphatic carbocycles. The Kier molecular flexibility index (Phi) is 4.54. The van der Waals surface area contributed by atoms with Gasteiger partial charge in [0.1, 0.15) is 0 Å². The van der Waals surface area contributed by atoms with Crippen LogP contribution < -0.4 is 0 Å². The fourth-order valence-corrected chi connectivity index (χ4v) is 3.39. The molecule has 0 nitrogen and oxygen atoms in total. The average molecular weight is 468 g/mol. The summed E-state index contributed by atoms with van der Waals surface area (Å²) in [6, 6.07) is 0. The molecule has 0 fully saturated rings.